The summed E-state index contributed by atoms with van der Waals surface area (Å²) in [6.45, 7) is 10.0. The average molecular weight is 443 g/mol. The van der Waals surface area contributed by atoms with Crippen LogP contribution in [0.25, 0.3) is 0 Å². The molecule has 1 fully saturated rings. The van der Waals surface area contributed by atoms with E-state index in [0.717, 1.165) is 38.3 Å². The van der Waals surface area contributed by atoms with Crippen molar-refractivity contribution in [3.8, 4) is 5.75 Å². The van der Waals surface area contributed by atoms with Crippen LogP contribution in [0, 0.1) is 5.41 Å². The number of carbonyl (C=O) groups is 1. The lowest BCUT2D eigenvalue weighted by Gasteiger charge is -2.40. The second-order valence-electron chi connectivity index (χ2n) is 8.12. The fourth-order valence-corrected chi connectivity index (χ4v) is 3.74. The van der Waals surface area contributed by atoms with Gasteiger partial charge in [-0.3, -0.25) is 10.3 Å². The molecule has 0 unspecified atom stereocenters. The molecule has 3 N–H and O–H groups in total. The highest BCUT2D eigenvalue weighted by Crippen LogP contribution is 2.24. The van der Waals surface area contributed by atoms with Crippen LogP contribution in [-0.2, 0) is 9.53 Å². The summed E-state index contributed by atoms with van der Waals surface area (Å²) < 4.78 is 11.0. The van der Waals surface area contributed by atoms with Gasteiger partial charge < -0.3 is 24.9 Å². The number of hydrogen-bond acceptors (Lipinski definition) is 9. The van der Waals surface area contributed by atoms with Crippen molar-refractivity contribution < 1.29 is 15.7 Å². The molecular weight excluding hydrogens is 408 g/mol. The third-order valence-corrected chi connectivity index (χ3v) is 5.37. The van der Waals surface area contributed by atoms with E-state index in [4.69, 9.17) is 20.6 Å². The Morgan fingerprint density at radius 3 is 2.88 bits per heavy atom. The highest BCUT2D eigenvalue weighted by atomic mass is 16.5. The molecule has 2 aromatic rings. The zero-order valence-corrected chi connectivity index (χ0v) is 19.0. The van der Waals surface area contributed by atoms with Crippen molar-refractivity contribution in [3.63, 3.8) is 0 Å². The van der Waals surface area contributed by atoms with Gasteiger partial charge in [-0.15, -0.1) is 0 Å². The number of aldehydes is 1. The zero-order valence-electron chi connectivity index (χ0n) is 19.0. The molecule has 0 bridgehead atoms. The van der Waals surface area contributed by atoms with E-state index >= 15 is 0 Å². The first kappa shape index (κ1) is 23.6. The van der Waals surface area contributed by atoms with Gasteiger partial charge in [-0.1, -0.05) is 0 Å². The number of nitrogens with zero attached hydrogens (tertiary/aromatic N) is 4. The molecule has 1 saturated heterocycles. The number of nitrogen functional groups attached to an aromatic ring is 1. The summed E-state index contributed by atoms with van der Waals surface area (Å²) in [4.78, 5) is 23.7. The van der Waals surface area contributed by atoms with Crippen molar-refractivity contribution in [2.45, 2.75) is 32.9 Å². The minimum atomic E-state index is 0. The highest BCUT2D eigenvalue weighted by Gasteiger charge is 2.25. The Hall–Kier alpha value is -3.04. The lowest BCUT2D eigenvalue weighted by molar-refractivity contribution is -0.112. The maximum Gasteiger partial charge on any atom is 0.145 e. The minimum absolute atomic E-state index is 0. The molecule has 1 aromatic carbocycles. The molecule has 3 rings (SSSR count). The fraction of sp³-hybridized carbons (Fsp3) is 0.478. The Morgan fingerprint density at radius 1 is 1.34 bits per heavy atom. The number of anilines is 2. The molecular formula is C23H34N6O3. The molecule has 0 spiro atoms. The van der Waals surface area contributed by atoms with E-state index < -0.39 is 0 Å². The SMILES string of the molecule is CC(C)Oc1ccc(N)c(C(=N)c2cc(N3CCN(CCOCC=O)[C@@H](C)C3)ncn2)c1.[HH]. The summed E-state index contributed by atoms with van der Waals surface area (Å²) in [6, 6.07) is 7.49. The van der Waals surface area contributed by atoms with Crippen LogP contribution >= 0.6 is 0 Å². The monoisotopic (exact) mass is 442 g/mol. The topological polar surface area (TPSA) is 118 Å². The van der Waals surface area contributed by atoms with Gasteiger partial charge in [0.1, 0.15) is 30.8 Å². The second kappa shape index (κ2) is 11.0. The smallest absolute Gasteiger partial charge is 0.145 e. The molecule has 32 heavy (non-hydrogen) atoms. The summed E-state index contributed by atoms with van der Waals surface area (Å²) in [5.41, 5.74) is 7.99. The summed E-state index contributed by atoms with van der Waals surface area (Å²) in [5.74, 6) is 1.46. The van der Waals surface area contributed by atoms with Gasteiger partial charge in [0.25, 0.3) is 0 Å². The van der Waals surface area contributed by atoms with E-state index in [9.17, 15) is 4.79 Å². The summed E-state index contributed by atoms with van der Waals surface area (Å²) in [6.07, 6.45) is 2.30. The fourth-order valence-electron chi connectivity index (χ4n) is 3.74. The predicted octanol–water partition coefficient (Wildman–Crippen LogP) is 2.23. The molecule has 0 aliphatic carbocycles. The molecule has 2 heterocycles. The highest BCUT2D eigenvalue weighted by molar-refractivity contribution is 6.13. The lowest BCUT2D eigenvalue weighted by atomic mass is 10.0. The van der Waals surface area contributed by atoms with Crippen LogP contribution in [0.15, 0.2) is 30.6 Å². The number of nitrogens with one attached hydrogen (secondary N) is 1. The zero-order chi connectivity index (χ0) is 23.1. The second-order valence-corrected chi connectivity index (χ2v) is 8.12. The molecule has 1 aliphatic rings. The van der Waals surface area contributed by atoms with E-state index in [1.165, 1.54) is 6.33 Å². The number of hydrogen-bond donors (Lipinski definition) is 2. The number of aromatic nitrogens is 2. The number of ether oxygens (including phenoxy) is 2. The molecule has 174 valence electrons. The predicted molar refractivity (Wildman–Crippen MR) is 127 cm³/mol. The average Bonchev–Trinajstić information content (AvgIpc) is 2.78. The van der Waals surface area contributed by atoms with Gasteiger partial charge in [-0.2, -0.15) is 0 Å². The van der Waals surface area contributed by atoms with Crippen molar-refractivity contribution in [2.75, 3.05) is 50.0 Å². The van der Waals surface area contributed by atoms with Crippen LogP contribution in [0.5, 0.6) is 5.75 Å². The van der Waals surface area contributed by atoms with Crippen molar-refractivity contribution >= 4 is 23.5 Å². The first-order valence-corrected chi connectivity index (χ1v) is 10.9. The summed E-state index contributed by atoms with van der Waals surface area (Å²) in [7, 11) is 0. The Balaban J connectivity index is 0.00000385. The molecule has 0 radical (unpaired) electrons. The van der Waals surface area contributed by atoms with Crippen LogP contribution in [-0.4, -0.2) is 78.4 Å². The van der Waals surface area contributed by atoms with Gasteiger partial charge >= 0.3 is 0 Å². The molecule has 1 atom stereocenters. The van der Waals surface area contributed by atoms with Gasteiger partial charge in [0.15, 0.2) is 0 Å². The molecule has 1 aromatic heterocycles. The van der Waals surface area contributed by atoms with E-state index in [1.54, 1.807) is 12.1 Å². The molecule has 1 aliphatic heterocycles. The van der Waals surface area contributed by atoms with Gasteiger partial charge in [-0.25, -0.2) is 9.97 Å². The minimum Gasteiger partial charge on any atom is -0.491 e. The molecule has 9 nitrogen and oxygen atoms in total. The largest absolute Gasteiger partial charge is 0.491 e. The number of rotatable bonds is 10. The lowest BCUT2D eigenvalue weighted by Crippen LogP contribution is -2.53. The first-order chi connectivity index (χ1) is 15.4. The van der Waals surface area contributed by atoms with Gasteiger partial charge in [0, 0.05) is 51.0 Å². The number of piperazine rings is 1. The Kier molecular flexibility index (Phi) is 8.13. The van der Waals surface area contributed by atoms with Crippen molar-refractivity contribution in [3.05, 3.63) is 41.9 Å². The van der Waals surface area contributed by atoms with E-state index in [2.05, 4.69) is 26.7 Å². The molecule has 9 heteroatoms. The van der Waals surface area contributed by atoms with Crippen molar-refractivity contribution in [1.29, 1.82) is 5.41 Å². The quantitative estimate of drug-likeness (QED) is 0.249. The Morgan fingerprint density at radius 2 is 2.16 bits per heavy atom. The Labute approximate surface area is 190 Å². The summed E-state index contributed by atoms with van der Waals surface area (Å²) in [5, 5.41) is 8.69. The maximum absolute atomic E-state index is 10.4. The van der Waals surface area contributed by atoms with E-state index in [0.29, 0.717) is 35.3 Å². The van der Waals surface area contributed by atoms with Crippen LogP contribution in [0.3, 0.4) is 0 Å². The van der Waals surface area contributed by atoms with E-state index in [-0.39, 0.29) is 19.8 Å². The standard InChI is InChI=1S/C23H32N6O3.H2/c1-16(2)32-18-4-5-20(24)19(12-18)23(25)21-13-22(27-15-26-21)29-7-6-28(17(3)14-29)8-10-31-11-9-30;/h4-5,9,12-13,15-17,25H,6-8,10-11,14,24H2,1-3H3;1H/t17-;/m0./s1. The normalized spacial score (nSPS) is 16.9. The van der Waals surface area contributed by atoms with Crippen LogP contribution in [0.1, 0.15) is 33.5 Å². The van der Waals surface area contributed by atoms with Gasteiger partial charge in [0.05, 0.1) is 24.1 Å². The summed E-state index contributed by atoms with van der Waals surface area (Å²) >= 11 is 0. The van der Waals surface area contributed by atoms with Crippen molar-refractivity contribution in [1.82, 2.24) is 14.9 Å². The van der Waals surface area contributed by atoms with Crippen LogP contribution < -0.4 is 15.4 Å². The third-order valence-electron chi connectivity index (χ3n) is 5.37. The molecule has 0 amide bonds. The number of carbonyl (C=O) groups excluding carboxylic acids is 1. The third kappa shape index (κ3) is 6.02. The van der Waals surface area contributed by atoms with E-state index in [1.807, 2.05) is 26.0 Å². The number of nitrogens with two attached hydrogens (primary N) is 1. The van der Waals surface area contributed by atoms with Crippen LogP contribution in [0.4, 0.5) is 11.5 Å². The van der Waals surface area contributed by atoms with Crippen LogP contribution in [0.2, 0.25) is 0 Å². The number of benzene rings is 1. The van der Waals surface area contributed by atoms with Crippen molar-refractivity contribution in [2.24, 2.45) is 0 Å². The maximum atomic E-state index is 10.4. The Bertz CT molecular complexity index is 942. The molecule has 0 saturated carbocycles. The van der Waals surface area contributed by atoms with Gasteiger partial charge in [0.2, 0.25) is 0 Å². The first-order valence-electron chi connectivity index (χ1n) is 10.9. The van der Waals surface area contributed by atoms with Gasteiger partial charge in [-0.05, 0) is 39.0 Å².